The van der Waals surface area contributed by atoms with E-state index >= 15 is 0 Å². The Bertz CT molecular complexity index is 1050. The van der Waals surface area contributed by atoms with Crippen molar-refractivity contribution in [3.8, 4) is 0 Å². The number of hydrogen-bond acceptors (Lipinski definition) is 5. The highest BCUT2D eigenvalue weighted by Crippen LogP contribution is 2.49. The number of ether oxygens (including phenoxy) is 1. The monoisotopic (exact) mass is 426 g/mol. The number of fused-ring (bicyclic) bond motifs is 2. The van der Waals surface area contributed by atoms with Crippen molar-refractivity contribution >= 4 is 17.4 Å². The average Bonchev–Trinajstić information content (AvgIpc) is 3.36. The number of nitrogens with zero attached hydrogens (tertiary/aromatic N) is 2. The molecule has 8 heteroatoms. The number of rotatable bonds is 8. The van der Waals surface area contributed by atoms with E-state index in [1.54, 1.807) is 0 Å². The van der Waals surface area contributed by atoms with Gasteiger partial charge < -0.3 is 15.4 Å². The molecule has 2 aliphatic carbocycles. The minimum atomic E-state index is -0.645. The number of methoxy groups -OCH3 is 1. The molecule has 2 aliphatic rings. The molecule has 3 N–H and O–H groups in total. The molecule has 166 valence electrons. The average molecular weight is 427 g/mol. The first-order chi connectivity index (χ1) is 15.0. The number of benzene rings is 1. The fraction of sp³-hybridized carbons (Fsp3) is 0.522. The number of nitrogens with two attached hydrogens (primary N) is 1. The number of H-pyrrole nitrogens is 1. The summed E-state index contributed by atoms with van der Waals surface area (Å²) < 4.78 is 6.31. The lowest BCUT2D eigenvalue weighted by atomic mass is 9.86. The van der Waals surface area contributed by atoms with E-state index in [-0.39, 0.29) is 37.1 Å². The molecule has 1 aromatic heterocycles. The number of aromatic amines is 1. The van der Waals surface area contributed by atoms with Gasteiger partial charge in [0.15, 0.2) is 5.69 Å². The Labute approximate surface area is 181 Å². The number of anilines is 2. The van der Waals surface area contributed by atoms with Crippen LogP contribution in [0.4, 0.5) is 11.5 Å². The molecule has 3 atom stereocenters. The second-order valence-corrected chi connectivity index (χ2v) is 8.74. The van der Waals surface area contributed by atoms with E-state index in [4.69, 9.17) is 10.5 Å². The Hall–Kier alpha value is -2.87. The Morgan fingerprint density at radius 2 is 2.00 bits per heavy atom. The lowest BCUT2D eigenvalue weighted by Gasteiger charge is -2.28. The Morgan fingerprint density at radius 1 is 1.23 bits per heavy atom. The van der Waals surface area contributed by atoms with Gasteiger partial charge in [-0.1, -0.05) is 36.8 Å². The number of carbonyl (C=O) groups is 1. The zero-order valence-corrected chi connectivity index (χ0v) is 17.9. The van der Waals surface area contributed by atoms with Crippen molar-refractivity contribution in [3.05, 3.63) is 56.7 Å². The number of carbonyl (C=O) groups excluding carboxylic acids is 1. The predicted molar refractivity (Wildman–Crippen MR) is 119 cm³/mol. The molecule has 2 fully saturated rings. The minimum absolute atomic E-state index is 0.0111. The summed E-state index contributed by atoms with van der Waals surface area (Å²) in [5, 5.41) is 0. The molecule has 8 nitrogen and oxygen atoms in total. The topological polar surface area (TPSA) is 110 Å². The van der Waals surface area contributed by atoms with E-state index in [1.807, 2.05) is 30.3 Å². The van der Waals surface area contributed by atoms with E-state index < -0.39 is 11.2 Å². The molecule has 0 radical (unpaired) electrons. The Kier molecular flexibility index (Phi) is 6.27. The van der Waals surface area contributed by atoms with Crippen LogP contribution in [0.1, 0.15) is 37.7 Å². The molecule has 31 heavy (non-hydrogen) atoms. The van der Waals surface area contributed by atoms with Crippen molar-refractivity contribution in [2.24, 2.45) is 17.8 Å². The molecule has 2 bridgehead atoms. The normalized spacial score (nSPS) is 22.0. The minimum Gasteiger partial charge on any atom is -0.383 e. The maximum absolute atomic E-state index is 13.5. The standard InChI is InChI=1S/C23H30N4O4/c1-31-10-9-26-21(24)20(22(29)25-23(26)30)27(14-15-5-3-2-4-6-15)19(28)13-18-12-16-7-8-17(18)11-16/h2-6,16-18H,7-14,24H2,1H3,(H,25,29,30)/t16-,17-,18+/m0/s1. The van der Waals surface area contributed by atoms with Crippen LogP contribution in [0.25, 0.3) is 0 Å². The van der Waals surface area contributed by atoms with Crippen LogP contribution in [-0.2, 0) is 22.6 Å². The highest BCUT2D eigenvalue weighted by Gasteiger charge is 2.41. The molecule has 4 rings (SSSR count). The smallest absolute Gasteiger partial charge is 0.330 e. The van der Waals surface area contributed by atoms with Gasteiger partial charge in [0.1, 0.15) is 5.82 Å². The summed E-state index contributed by atoms with van der Waals surface area (Å²) in [7, 11) is 1.52. The van der Waals surface area contributed by atoms with Gasteiger partial charge in [-0.3, -0.25) is 19.1 Å². The van der Waals surface area contributed by atoms with Gasteiger partial charge in [0.05, 0.1) is 19.7 Å². The molecule has 0 aliphatic heterocycles. The third-order valence-corrected chi connectivity index (χ3v) is 6.81. The van der Waals surface area contributed by atoms with Crippen molar-refractivity contribution in [1.82, 2.24) is 9.55 Å². The van der Waals surface area contributed by atoms with Crippen LogP contribution in [0.15, 0.2) is 39.9 Å². The summed E-state index contributed by atoms with van der Waals surface area (Å²) in [5.74, 6) is 1.54. The van der Waals surface area contributed by atoms with Gasteiger partial charge in [0.25, 0.3) is 5.56 Å². The van der Waals surface area contributed by atoms with E-state index in [2.05, 4.69) is 4.98 Å². The van der Waals surface area contributed by atoms with E-state index in [0.717, 1.165) is 17.9 Å². The number of nitrogens with one attached hydrogen (secondary N) is 1. The molecular weight excluding hydrogens is 396 g/mol. The number of hydrogen-bond donors (Lipinski definition) is 2. The lowest BCUT2D eigenvalue weighted by molar-refractivity contribution is -0.120. The van der Waals surface area contributed by atoms with Crippen molar-refractivity contribution in [2.45, 2.75) is 45.2 Å². The Balaban J connectivity index is 1.69. The van der Waals surface area contributed by atoms with Crippen LogP contribution >= 0.6 is 0 Å². The molecule has 1 amide bonds. The third-order valence-electron chi connectivity index (χ3n) is 6.81. The third kappa shape index (κ3) is 4.44. The van der Waals surface area contributed by atoms with Crippen LogP contribution in [-0.4, -0.2) is 29.2 Å². The summed E-state index contributed by atoms with van der Waals surface area (Å²) in [6.07, 6.45) is 5.13. The highest BCUT2D eigenvalue weighted by atomic mass is 16.5. The maximum Gasteiger partial charge on any atom is 0.330 e. The van der Waals surface area contributed by atoms with Crippen molar-refractivity contribution in [1.29, 1.82) is 0 Å². The SMILES string of the molecule is COCCn1c(N)c(N(Cc2ccccc2)C(=O)C[C@H]2C[C@H]3CC[C@H]2C3)c(=O)[nH]c1=O. The van der Waals surface area contributed by atoms with Crippen LogP contribution in [0, 0.1) is 17.8 Å². The first-order valence-electron chi connectivity index (χ1n) is 10.9. The maximum atomic E-state index is 13.5. The van der Waals surface area contributed by atoms with Gasteiger partial charge in [-0.15, -0.1) is 0 Å². The van der Waals surface area contributed by atoms with Crippen molar-refractivity contribution in [3.63, 3.8) is 0 Å². The van der Waals surface area contributed by atoms with Gasteiger partial charge in [-0.25, -0.2) is 4.79 Å². The summed E-state index contributed by atoms with van der Waals surface area (Å²) in [6, 6.07) is 9.49. The largest absolute Gasteiger partial charge is 0.383 e. The van der Waals surface area contributed by atoms with Crippen LogP contribution in [0.3, 0.4) is 0 Å². The molecule has 0 spiro atoms. The molecule has 2 saturated carbocycles. The molecule has 2 aromatic rings. The zero-order valence-electron chi connectivity index (χ0n) is 17.9. The lowest BCUT2D eigenvalue weighted by Crippen LogP contribution is -2.42. The number of amides is 1. The first-order valence-corrected chi connectivity index (χ1v) is 10.9. The zero-order chi connectivity index (χ0) is 22.0. The summed E-state index contributed by atoms with van der Waals surface area (Å²) in [5.41, 5.74) is 5.95. The molecule has 1 heterocycles. The van der Waals surface area contributed by atoms with Crippen LogP contribution in [0.5, 0.6) is 0 Å². The molecule has 1 aromatic carbocycles. The Morgan fingerprint density at radius 3 is 2.65 bits per heavy atom. The molecule has 0 saturated heterocycles. The van der Waals surface area contributed by atoms with Gasteiger partial charge in [0.2, 0.25) is 5.91 Å². The fourth-order valence-corrected chi connectivity index (χ4v) is 5.26. The van der Waals surface area contributed by atoms with Crippen LogP contribution in [0.2, 0.25) is 0 Å². The van der Waals surface area contributed by atoms with Crippen molar-refractivity contribution in [2.75, 3.05) is 24.4 Å². The van der Waals surface area contributed by atoms with E-state index in [1.165, 1.54) is 35.8 Å². The van der Waals surface area contributed by atoms with Gasteiger partial charge >= 0.3 is 5.69 Å². The van der Waals surface area contributed by atoms with E-state index in [9.17, 15) is 14.4 Å². The van der Waals surface area contributed by atoms with Crippen molar-refractivity contribution < 1.29 is 9.53 Å². The fourth-order valence-electron chi connectivity index (χ4n) is 5.26. The number of nitrogen functional groups attached to an aromatic ring is 1. The predicted octanol–water partition coefficient (Wildman–Crippen LogP) is 2.12. The highest BCUT2D eigenvalue weighted by molar-refractivity contribution is 5.95. The van der Waals surface area contributed by atoms with Crippen LogP contribution < -0.4 is 21.9 Å². The summed E-state index contributed by atoms with van der Waals surface area (Å²) in [6.45, 7) is 0.661. The summed E-state index contributed by atoms with van der Waals surface area (Å²) in [4.78, 5) is 42.4. The quantitative estimate of drug-likeness (QED) is 0.672. The van der Waals surface area contributed by atoms with Gasteiger partial charge in [0, 0.05) is 13.5 Å². The second kappa shape index (κ2) is 9.09. The number of aromatic nitrogens is 2. The first kappa shape index (κ1) is 21.4. The molecular formula is C23H30N4O4. The second-order valence-electron chi connectivity index (χ2n) is 8.74. The van der Waals surface area contributed by atoms with Gasteiger partial charge in [-0.05, 0) is 42.6 Å². The summed E-state index contributed by atoms with van der Waals surface area (Å²) >= 11 is 0. The van der Waals surface area contributed by atoms with Gasteiger partial charge in [-0.2, -0.15) is 0 Å². The molecule has 0 unspecified atom stereocenters. The van der Waals surface area contributed by atoms with E-state index in [0.29, 0.717) is 18.3 Å².